The monoisotopic (exact) mass is 279 g/mol. The zero-order valence-corrected chi connectivity index (χ0v) is 11.6. The van der Waals surface area contributed by atoms with E-state index in [0.29, 0.717) is 0 Å². The number of ether oxygens (including phenoxy) is 1. The lowest BCUT2D eigenvalue weighted by Gasteiger charge is -2.05. The van der Waals surface area contributed by atoms with Gasteiger partial charge in [-0.3, -0.25) is 4.98 Å². The van der Waals surface area contributed by atoms with Crippen LogP contribution in [0.25, 0.3) is 22.4 Å². The summed E-state index contributed by atoms with van der Waals surface area (Å²) >= 11 is 0. The van der Waals surface area contributed by atoms with Gasteiger partial charge in [-0.25, -0.2) is 4.39 Å². The molecule has 0 bridgehead atoms. The Bertz CT molecular complexity index is 719. The lowest BCUT2D eigenvalue weighted by atomic mass is 10.1. The number of hydrogen-bond donors (Lipinski definition) is 0. The van der Waals surface area contributed by atoms with Crippen LogP contribution in [0.4, 0.5) is 4.39 Å². The van der Waals surface area contributed by atoms with Crippen molar-refractivity contribution in [2.24, 2.45) is 0 Å². The van der Waals surface area contributed by atoms with Gasteiger partial charge >= 0.3 is 0 Å². The second-order valence-electron chi connectivity index (χ2n) is 4.67. The first kappa shape index (κ1) is 13.3. The topological polar surface area (TPSA) is 22.1 Å². The number of rotatable bonds is 3. The highest BCUT2D eigenvalue weighted by atomic mass is 19.1. The van der Waals surface area contributed by atoms with Crippen LogP contribution in [0.3, 0.4) is 0 Å². The number of methoxy groups -OCH3 is 1. The molecule has 21 heavy (non-hydrogen) atoms. The Morgan fingerprint density at radius 3 is 1.95 bits per heavy atom. The molecule has 2 nitrogen and oxygen atoms in total. The van der Waals surface area contributed by atoms with E-state index in [1.165, 1.54) is 12.1 Å². The minimum Gasteiger partial charge on any atom is -0.497 e. The van der Waals surface area contributed by atoms with Crippen LogP contribution in [0.5, 0.6) is 5.75 Å². The average molecular weight is 279 g/mol. The van der Waals surface area contributed by atoms with Gasteiger partial charge in [0, 0.05) is 17.3 Å². The molecule has 0 N–H and O–H groups in total. The molecule has 0 unspecified atom stereocenters. The Labute approximate surface area is 122 Å². The second-order valence-corrected chi connectivity index (χ2v) is 4.67. The van der Waals surface area contributed by atoms with Crippen molar-refractivity contribution >= 4 is 0 Å². The third-order valence-corrected chi connectivity index (χ3v) is 3.33. The van der Waals surface area contributed by atoms with Gasteiger partial charge in [0.15, 0.2) is 0 Å². The molecule has 0 saturated carbocycles. The van der Waals surface area contributed by atoms with Crippen molar-refractivity contribution in [2.45, 2.75) is 0 Å². The van der Waals surface area contributed by atoms with Crippen LogP contribution in [-0.4, -0.2) is 12.1 Å². The van der Waals surface area contributed by atoms with Crippen molar-refractivity contribution in [2.75, 3.05) is 7.11 Å². The van der Waals surface area contributed by atoms with Gasteiger partial charge in [0.05, 0.1) is 12.8 Å². The molecule has 104 valence electrons. The molecule has 0 amide bonds. The molecule has 3 rings (SSSR count). The summed E-state index contributed by atoms with van der Waals surface area (Å²) in [4.78, 5) is 4.47. The summed E-state index contributed by atoms with van der Waals surface area (Å²) in [5.74, 6) is 0.586. The van der Waals surface area contributed by atoms with Gasteiger partial charge in [-0.2, -0.15) is 0 Å². The van der Waals surface area contributed by atoms with E-state index in [0.717, 1.165) is 28.1 Å². The van der Waals surface area contributed by atoms with Crippen molar-refractivity contribution in [3.05, 3.63) is 72.7 Å². The largest absolute Gasteiger partial charge is 0.497 e. The SMILES string of the molecule is COc1ccc(-c2ccc(-c3ccc(F)cc3)cn2)cc1. The van der Waals surface area contributed by atoms with Crippen LogP contribution in [0, 0.1) is 5.82 Å². The predicted molar refractivity (Wildman–Crippen MR) is 81.6 cm³/mol. The minimum absolute atomic E-state index is 0.235. The van der Waals surface area contributed by atoms with E-state index in [-0.39, 0.29) is 5.82 Å². The summed E-state index contributed by atoms with van der Waals surface area (Å²) < 4.78 is 18.1. The molecule has 1 aromatic heterocycles. The van der Waals surface area contributed by atoms with E-state index in [2.05, 4.69) is 4.98 Å². The molecule has 0 radical (unpaired) electrons. The fourth-order valence-corrected chi connectivity index (χ4v) is 2.14. The summed E-state index contributed by atoms with van der Waals surface area (Å²) in [6.07, 6.45) is 1.80. The van der Waals surface area contributed by atoms with Crippen LogP contribution in [0.15, 0.2) is 66.9 Å². The Hall–Kier alpha value is -2.68. The zero-order chi connectivity index (χ0) is 14.7. The van der Waals surface area contributed by atoms with E-state index >= 15 is 0 Å². The average Bonchev–Trinajstić information content (AvgIpc) is 2.56. The molecule has 0 aliphatic rings. The second kappa shape index (κ2) is 5.75. The lowest BCUT2D eigenvalue weighted by Crippen LogP contribution is -1.86. The summed E-state index contributed by atoms with van der Waals surface area (Å²) in [7, 11) is 1.64. The molecule has 0 aliphatic heterocycles. The first-order valence-electron chi connectivity index (χ1n) is 6.63. The maximum atomic E-state index is 12.9. The van der Waals surface area contributed by atoms with Crippen molar-refractivity contribution in [1.29, 1.82) is 0 Å². The van der Waals surface area contributed by atoms with Gasteiger partial charge in [-0.15, -0.1) is 0 Å². The van der Waals surface area contributed by atoms with Gasteiger partial charge in [-0.05, 0) is 48.0 Å². The molecule has 3 aromatic rings. The molecule has 2 aromatic carbocycles. The molecule has 0 spiro atoms. The Morgan fingerprint density at radius 2 is 1.38 bits per heavy atom. The maximum Gasteiger partial charge on any atom is 0.123 e. The van der Waals surface area contributed by atoms with Crippen molar-refractivity contribution in [3.63, 3.8) is 0 Å². The van der Waals surface area contributed by atoms with Crippen LogP contribution >= 0.6 is 0 Å². The summed E-state index contributed by atoms with van der Waals surface area (Å²) in [6, 6.07) is 18.1. The van der Waals surface area contributed by atoms with E-state index in [4.69, 9.17) is 4.74 Å². The van der Waals surface area contributed by atoms with E-state index in [1.54, 1.807) is 25.4 Å². The Morgan fingerprint density at radius 1 is 0.762 bits per heavy atom. The number of pyridine rings is 1. The normalized spacial score (nSPS) is 10.4. The van der Waals surface area contributed by atoms with Crippen LogP contribution in [0.1, 0.15) is 0 Å². The summed E-state index contributed by atoms with van der Waals surface area (Å²) in [5.41, 5.74) is 3.84. The number of halogens is 1. The maximum absolute atomic E-state index is 12.9. The standard InChI is InChI=1S/C18H14FNO/c1-21-17-9-4-14(5-10-17)18-11-6-15(12-20-18)13-2-7-16(19)8-3-13/h2-12H,1H3. The highest BCUT2D eigenvalue weighted by molar-refractivity contribution is 5.67. The first-order valence-corrected chi connectivity index (χ1v) is 6.63. The number of hydrogen-bond acceptors (Lipinski definition) is 2. The quantitative estimate of drug-likeness (QED) is 0.701. The zero-order valence-electron chi connectivity index (χ0n) is 11.6. The van der Waals surface area contributed by atoms with Crippen molar-refractivity contribution in [3.8, 4) is 28.1 Å². The van der Waals surface area contributed by atoms with Crippen molar-refractivity contribution < 1.29 is 9.13 Å². The first-order chi connectivity index (χ1) is 10.3. The Kier molecular flexibility index (Phi) is 3.65. The highest BCUT2D eigenvalue weighted by Gasteiger charge is 2.02. The molecule has 0 fully saturated rings. The summed E-state index contributed by atoms with van der Waals surface area (Å²) in [6.45, 7) is 0. The molecule has 0 atom stereocenters. The molecule has 1 heterocycles. The molecule has 0 aliphatic carbocycles. The summed E-state index contributed by atoms with van der Waals surface area (Å²) in [5, 5.41) is 0. The van der Waals surface area contributed by atoms with E-state index in [1.807, 2.05) is 36.4 Å². The van der Waals surface area contributed by atoms with Crippen LogP contribution < -0.4 is 4.74 Å². The molecule has 0 saturated heterocycles. The van der Waals surface area contributed by atoms with Crippen molar-refractivity contribution in [1.82, 2.24) is 4.98 Å². The van der Waals surface area contributed by atoms with Gasteiger partial charge < -0.3 is 4.74 Å². The lowest BCUT2D eigenvalue weighted by molar-refractivity contribution is 0.415. The van der Waals surface area contributed by atoms with Gasteiger partial charge in [0.25, 0.3) is 0 Å². The number of aromatic nitrogens is 1. The van der Waals surface area contributed by atoms with Crippen LogP contribution in [-0.2, 0) is 0 Å². The highest BCUT2D eigenvalue weighted by Crippen LogP contribution is 2.24. The van der Waals surface area contributed by atoms with E-state index < -0.39 is 0 Å². The number of benzene rings is 2. The molecule has 3 heteroatoms. The van der Waals surface area contributed by atoms with E-state index in [9.17, 15) is 4.39 Å². The fourth-order valence-electron chi connectivity index (χ4n) is 2.14. The Balaban J connectivity index is 1.87. The van der Waals surface area contributed by atoms with Crippen LogP contribution in [0.2, 0.25) is 0 Å². The molecular weight excluding hydrogens is 265 g/mol. The third-order valence-electron chi connectivity index (χ3n) is 3.33. The van der Waals surface area contributed by atoms with Gasteiger partial charge in [0.2, 0.25) is 0 Å². The minimum atomic E-state index is -0.235. The van der Waals surface area contributed by atoms with Gasteiger partial charge in [-0.1, -0.05) is 18.2 Å². The van der Waals surface area contributed by atoms with Gasteiger partial charge in [0.1, 0.15) is 11.6 Å². The molecular formula is C18H14FNO. The predicted octanol–water partition coefficient (Wildman–Crippen LogP) is 4.56. The smallest absolute Gasteiger partial charge is 0.123 e. The fraction of sp³-hybridized carbons (Fsp3) is 0.0556. The number of nitrogens with zero attached hydrogens (tertiary/aromatic N) is 1. The third kappa shape index (κ3) is 2.92.